The van der Waals surface area contributed by atoms with E-state index in [0.29, 0.717) is 50.2 Å². The van der Waals surface area contributed by atoms with E-state index in [2.05, 4.69) is 10.2 Å². The number of aryl methyl sites for hydroxylation is 1. The fraction of sp³-hybridized carbons (Fsp3) is 0.500. The maximum Gasteiger partial charge on any atom is 0.311 e. The van der Waals surface area contributed by atoms with E-state index in [9.17, 15) is 18.4 Å². The number of ether oxygens (including phenoxy) is 1. The summed E-state index contributed by atoms with van der Waals surface area (Å²) < 4.78 is 38.8. The molecule has 1 aromatic carbocycles. The van der Waals surface area contributed by atoms with Crippen molar-refractivity contribution in [3.63, 3.8) is 0 Å². The molecule has 1 aromatic heterocycles. The topological polar surface area (TPSA) is 88.8 Å². The van der Waals surface area contributed by atoms with Crippen molar-refractivity contribution in [3.8, 4) is 0 Å². The third kappa shape index (κ3) is 2.97. The molecular weight excluding hydrogens is 398 g/mol. The Labute approximate surface area is 170 Å². The summed E-state index contributed by atoms with van der Waals surface area (Å²) in [6.45, 7) is 2.23. The van der Waals surface area contributed by atoms with Gasteiger partial charge in [0.1, 0.15) is 17.9 Å². The molecule has 0 saturated carbocycles. The highest BCUT2D eigenvalue weighted by Gasteiger charge is 2.58. The molecule has 0 radical (unpaired) electrons. The Kier molecular flexibility index (Phi) is 4.35. The number of carbonyl (C=O) groups excluding carboxylic acids is 2. The van der Waals surface area contributed by atoms with Crippen LogP contribution in [0.15, 0.2) is 22.6 Å². The normalized spacial score (nSPS) is 25.2. The summed E-state index contributed by atoms with van der Waals surface area (Å²) in [4.78, 5) is 29.0. The van der Waals surface area contributed by atoms with E-state index in [-0.39, 0.29) is 17.7 Å². The molecule has 0 aliphatic carbocycles. The standard InChI is InChI=1S/C20H20F2N4O4/c1-11-23-24-17(29-11)18(27)25-6-4-20(5-7-25)19(28)26-15(2-3-16(26)30-20)12-8-13(21)10-14(22)9-12/h8-10,15-16H,2-7H2,1H3/t15-,16+/m0/s1. The van der Waals surface area contributed by atoms with Gasteiger partial charge in [-0.1, -0.05) is 0 Å². The number of hydrogen-bond acceptors (Lipinski definition) is 6. The molecule has 3 saturated heterocycles. The molecule has 2 amide bonds. The zero-order valence-corrected chi connectivity index (χ0v) is 16.3. The Balaban J connectivity index is 1.32. The number of fused-ring (bicyclic) bond motifs is 1. The first-order valence-corrected chi connectivity index (χ1v) is 9.92. The molecule has 3 fully saturated rings. The minimum atomic E-state index is -1.02. The number of amides is 2. The molecule has 8 nitrogen and oxygen atoms in total. The molecule has 10 heteroatoms. The van der Waals surface area contributed by atoms with Gasteiger partial charge in [0.05, 0.1) is 6.04 Å². The van der Waals surface area contributed by atoms with Crippen LogP contribution < -0.4 is 0 Å². The van der Waals surface area contributed by atoms with Crippen LogP contribution >= 0.6 is 0 Å². The maximum absolute atomic E-state index is 13.7. The number of hydrogen-bond donors (Lipinski definition) is 0. The zero-order chi connectivity index (χ0) is 21.0. The second-order valence-corrected chi connectivity index (χ2v) is 7.99. The molecule has 5 rings (SSSR count). The van der Waals surface area contributed by atoms with E-state index >= 15 is 0 Å². The summed E-state index contributed by atoms with van der Waals surface area (Å²) in [6, 6.07) is 2.93. The Morgan fingerprint density at radius 3 is 2.47 bits per heavy atom. The zero-order valence-electron chi connectivity index (χ0n) is 16.3. The number of aromatic nitrogens is 2. The lowest BCUT2D eigenvalue weighted by Gasteiger charge is -2.37. The molecule has 30 heavy (non-hydrogen) atoms. The first kappa shape index (κ1) is 19.1. The van der Waals surface area contributed by atoms with Gasteiger partial charge in [-0.2, -0.15) is 0 Å². The number of halogens is 2. The predicted octanol–water partition coefficient (Wildman–Crippen LogP) is 2.35. The van der Waals surface area contributed by atoms with Crippen LogP contribution in [0.2, 0.25) is 0 Å². The predicted molar refractivity (Wildman–Crippen MR) is 97.0 cm³/mol. The molecule has 2 atom stereocenters. The molecule has 0 bridgehead atoms. The number of piperidine rings is 1. The number of likely N-dealkylation sites (tertiary alicyclic amines) is 1. The Hall–Kier alpha value is -2.88. The lowest BCUT2D eigenvalue weighted by molar-refractivity contribution is -0.142. The molecule has 1 spiro atoms. The summed E-state index contributed by atoms with van der Waals surface area (Å²) in [5, 5.41) is 7.42. The Morgan fingerprint density at radius 1 is 1.13 bits per heavy atom. The summed E-state index contributed by atoms with van der Waals surface area (Å²) in [7, 11) is 0. The average molecular weight is 418 g/mol. The average Bonchev–Trinajstić information content (AvgIpc) is 3.38. The van der Waals surface area contributed by atoms with Crippen LogP contribution in [0.3, 0.4) is 0 Å². The van der Waals surface area contributed by atoms with Crippen molar-refractivity contribution in [1.29, 1.82) is 0 Å². The summed E-state index contributed by atoms with van der Waals surface area (Å²) in [5.74, 6) is -1.65. The van der Waals surface area contributed by atoms with Crippen molar-refractivity contribution >= 4 is 11.8 Å². The van der Waals surface area contributed by atoms with Gasteiger partial charge in [0, 0.05) is 38.9 Å². The lowest BCUT2D eigenvalue weighted by atomic mass is 9.89. The minimum Gasteiger partial charge on any atom is -0.417 e. The SMILES string of the molecule is Cc1nnc(C(=O)N2CCC3(CC2)O[C@@H]2CC[C@@H](c4cc(F)cc(F)c4)N2C3=O)o1. The van der Waals surface area contributed by atoms with Gasteiger partial charge in [-0.15, -0.1) is 10.2 Å². The van der Waals surface area contributed by atoms with E-state index in [1.165, 1.54) is 12.1 Å². The van der Waals surface area contributed by atoms with Gasteiger partial charge in [0.15, 0.2) is 5.60 Å². The first-order valence-electron chi connectivity index (χ1n) is 9.92. The smallest absolute Gasteiger partial charge is 0.311 e. The number of benzene rings is 1. The first-order chi connectivity index (χ1) is 14.4. The fourth-order valence-corrected chi connectivity index (χ4v) is 4.73. The van der Waals surface area contributed by atoms with Crippen LogP contribution in [0.5, 0.6) is 0 Å². The number of nitrogens with zero attached hydrogens (tertiary/aromatic N) is 4. The van der Waals surface area contributed by atoms with Crippen molar-refractivity contribution in [3.05, 3.63) is 47.2 Å². The van der Waals surface area contributed by atoms with Crippen LogP contribution in [-0.4, -0.2) is 56.7 Å². The quantitative estimate of drug-likeness (QED) is 0.744. The number of rotatable bonds is 2. The highest BCUT2D eigenvalue weighted by Crippen LogP contribution is 2.47. The third-order valence-corrected chi connectivity index (χ3v) is 6.16. The van der Waals surface area contributed by atoms with Gasteiger partial charge < -0.3 is 19.0 Å². The monoisotopic (exact) mass is 418 g/mol. The van der Waals surface area contributed by atoms with Crippen LogP contribution in [-0.2, 0) is 9.53 Å². The van der Waals surface area contributed by atoms with Crippen molar-refractivity contribution < 1.29 is 27.5 Å². The summed E-state index contributed by atoms with van der Waals surface area (Å²) in [5.41, 5.74) is -0.583. The van der Waals surface area contributed by atoms with Gasteiger partial charge in [-0.3, -0.25) is 9.59 Å². The lowest BCUT2D eigenvalue weighted by Crippen LogP contribution is -2.51. The largest absolute Gasteiger partial charge is 0.417 e. The van der Waals surface area contributed by atoms with Crippen molar-refractivity contribution in [2.24, 2.45) is 0 Å². The van der Waals surface area contributed by atoms with Crippen molar-refractivity contribution in [1.82, 2.24) is 20.0 Å². The van der Waals surface area contributed by atoms with E-state index in [4.69, 9.17) is 9.15 Å². The fourth-order valence-electron chi connectivity index (χ4n) is 4.73. The van der Waals surface area contributed by atoms with Gasteiger partial charge in [0.2, 0.25) is 5.89 Å². The highest BCUT2D eigenvalue weighted by molar-refractivity contribution is 5.91. The number of carbonyl (C=O) groups is 2. The highest BCUT2D eigenvalue weighted by atomic mass is 19.1. The van der Waals surface area contributed by atoms with E-state index in [1.807, 2.05) is 0 Å². The van der Waals surface area contributed by atoms with Gasteiger partial charge in [-0.05, 0) is 30.5 Å². The van der Waals surface area contributed by atoms with E-state index in [0.717, 1.165) is 6.07 Å². The van der Waals surface area contributed by atoms with Crippen LogP contribution in [0.25, 0.3) is 0 Å². The van der Waals surface area contributed by atoms with Gasteiger partial charge >= 0.3 is 11.8 Å². The Bertz CT molecular complexity index is 998. The van der Waals surface area contributed by atoms with Crippen LogP contribution in [0, 0.1) is 18.6 Å². The Morgan fingerprint density at radius 2 is 1.83 bits per heavy atom. The van der Waals surface area contributed by atoms with Crippen LogP contribution in [0.4, 0.5) is 8.78 Å². The van der Waals surface area contributed by atoms with Crippen molar-refractivity contribution in [2.45, 2.75) is 50.5 Å². The van der Waals surface area contributed by atoms with E-state index in [1.54, 1.807) is 16.7 Å². The second kappa shape index (κ2) is 6.83. The molecule has 158 valence electrons. The van der Waals surface area contributed by atoms with Crippen molar-refractivity contribution in [2.75, 3.05) is 13.1 Å². The molecule has 0 N–H and O–H groups in total. The third-order valence-electron chi connectivity index (χ3n) is 6.16. The molecule has 4 heterocycles. The minimum absolute atomic E-state index is 0.0732. The summed E-state index contributed by atoms with van der Waals surface area (Å²) >= 11 is 0. The molecule has 0 unspecified atom stereocenters. The van der Waals surface area contributed by atoms with Gasteiger partial charge in [-0.25, -0.2) is 8.78 Å². The second-order valence-electron chi connectivity index (χ2n) is 7.99. The van der Waals surface area contributed by atoms with E-state index < -0.39 is 29.5 Å². The summed E-state index contributed by atoms with van der Waals surface area (Å²) in [6.07, 6.45) is 1.43. The maximum atomic E-state index is 13.7. The van der Waals surface area contributed by atoms with Gasteiger partial charge in [0.25, 0.3) is 5.91 Å². The molecule has 3 aliphatic rings. The molecule has 2 aromatic rings. The molecule has 3 aliphatic heterocycles. The van der Waals surface area contributed by atoms with Crippen LogP contribution in [0.1, 0.15) is 53.9 Å². The molecular formula is C20H20F2N4O4.